The highest BCUT2D eigenvalue weighted by Crippen LogP contribution is 2.26. The molecule has 0 radical (unpaired) electrons. The van der Waals surface area contributed by atoms with Crippen molar-refractivity contribution in [2.45, 2.75) is 19.0 Å². The van der Waals surface area contributed by atoms with E-state index in [1.807, 2.05) is 24.4 Å². The van der Waals surface area contributed by atoms with Crippen LogP contribution in [0.15, 0.2) is 60.0 Å². The van der Waals surface area contributed by atoms with Crippen molar-refractivity contribution in [1.29, 1.82) is 0 Å². The van der Waals surface area contributed by atoms with Crippen LogP contribution < -0.4 is 10.6 Å². The number of nitrogens with one attached hydrogen (secondary N) is 1. The predicted molar refractivity (Wildman–Crippen MR) is 102 cm³/mol. The van der Waals surface area contributed by atoms with Crippen LogP contribution in [-0.2, 0) is 4.79 Å². The van der Waals surface area contributed by atoms with Gasteiger partial charge in [-0.15, -0.1) is 11.3 Å². The van der Waals surface area contributed by atoms with E-state index in [-0.39, 0.29) is 30.4 Å². The van der Waals surface area contributed by atoms with Gasteiger partial charge in [-0.05, 0) is 54.3 Å². The van der Waals surface area contributed by atoms with Gasteiger partial charge < -0.3 is 10.6 Å². The number of nitrogens with two attached hydrogens (primary N) is 1. The smallest absolute Gasteiger partial charge is 0.275 e. The first-order valence-electron chi connectivity index (χ1n) is 8.80. The zero-order chi connectivity index (χ0) is 20.1. The molecule has 3 nitrogen and oxygen atoms in total. The van der Waals surface area contributed by atoms with E-state index >= 15 is 0 Å². The summed E-state index contributed by atoms with van der Waals surface area (Å²) in [5.74, 6) is -2.35. The molecule has 2 aromatic carbocycles. The summed E-state index contributed by atoms with van der Waals surface area (Å²) < 4.78 is 39.7. The molecule has 0 spiro atoms. The van der Waals surface area contributed by atoms with Gasteiger partial charge >= 0.3 is 0 Å². The SMILES string of the molecule is C[C@@H]([NH2+]CC(=O)N[C@H](c1ccc(F)cc1)c1cccs1)c1ccc(F)c(F)c1. The van der Waals surface area contributed by atoms with Crippen LogP contribution in [0.3, 0.4) is 0 Å². The Morgan fingerprint density at radius 2 is 1.75 bits per heavy atom. The molecule has 146 valence electrons. The van der Waals surface area contributed by atoms with Gasteiger partial charge in [-0.2, -0.15) is 0 Å². The maximum absolute atomic E-state index is 13.4. The van der Waals surface area contributed by atoms with Gasteiger partial charge in [0.05, 0.1) is 6.04 Å². The van der Waals surface area contributed by atoms with E-state index in [1.54, 1.807) is 17.4 Å². The molecule has 2 atom stereocenters. The van der Waals surface area contributed by atoms with Crippen molar-refractivity contribution in [3.63, 3.8) is 0 Å². The number of carbonyl (C=O) groups excluding carboxylic acids is 1. The molecule has 7 heteroatoms. The number of amides is 1. The van der Waals surface area contributed by atoms with Crippen LogP contribution in [0.1, 0.15) is 35.0 Å². The lowest BCUT2D eigenvalue weighted by molar-refractivity contribution is -0.682. The third-order valence-electron chi connectivity index (χ3n) is 4.46. The summed E-state index contributed by atoms with van der Waals surface area (Å²) in [6.45, 7) is 1.93. The summed E-state index contributed by atoms with van der Waals surface area (Å²) in [5.41, 5.74) is 1.38. The monoisotopic (exact) mass is 405 g/mol. The second kappa shape index (κ2) is 9.03. The Morgan fingerprint density at radius 1 is 1.04 bits per heavy atom. The van der Waals surface area contributed by atoms with Crippen LogP contribution in [-0.4, -0.2) is 12.5 Å². The summed E-state index contributed by atoms with van der Waals surface area (Å²) in [5, 5.41) is 6.63. The van der Waals surface area contributed by atoms with E-state index in [9.17, 15) is 18.0 Å². The third-order valence-corrected chi connectivity index (χ3v) is 5.40. The Kier molecular flexibility index (Phi) is 6.49. The molecule has 3 rings (SSSR count). The second-order valence-electron chi connectivity index (χ2n) is 6.47. The number of thiophene rings is 1. The predicted octanol–water partition coefficient (Wildman–Crippen LogP) is 3.70. The standard InChI is InChI=1S/C21H19F3N2OS/c1-13(15-6-9-17(23)18(24)11-15)25-12-20(27)26-21(19-3-2-10-28-19)14-4-7-16(22)8-5-14/h2-11,13,21,25H,12H2,1H3,(H,26,27)/p+1/t13-,21-/m1/s1. The van der Waals surface area contributed by atoms with Crippen molar-refractivity contribution in [3.8, 4) is 0 Å². The average molecular weight is 405 g/mol. The van der Waals surface area contributed by atoms with Gasteiger partial charge in [0, 0.05) is 10.4 Å². The van der Waals surface area contributed by atoms with Crippen LogP contribution in [0.25, 0.3) is 0 Å². The lowest BCUT2D eigenvalue weighted by atomic mass is 10.1. The summed E-state index contributed by atoms with van der Waals surface area (Å²) in [4.78, 5) is 13.4. The van der Waals surface area contributed by atoms with E-state index in [0.717, 1.165) is 22.6 Å². The first kappa shape index (κ1) is 20.1. The minimum absolute atomic E-state index is 0.114. The molecule has 0 bridgehead atoms. The van der Waals surface area contributed by atoms with Gasteiger partial charge in [-0.3, -0.25) is 4.79 Å². The fraction of sp³-hybridized carbons (Fsp3) is 0.190. The van der Waals surface area contributed by atoms with Gasteiger partial charge in [0.25, 0.3) is 5.91 Å². The van der Waals surface area contributed by atoms with Gasteiger partial charge in [-0.25, -0.2) is 13.2 Å². The second-order valence-corrected chi connectivity index (χ2v) is 7.45. The molecular weight excluding hydrogens is 385 g/mol. The summed E-state index contributed by atoms with van der Waals surface area (Å²) in [6, 6.07) is 12.9. The molecule has 28 heavy (non-hydrogen) atoms. The highest BCUT2D eigenvalue weighted by molar-refractivity contribution is 7.10. The fourth-order valence-electron chi connectivity index (χ4n) is 2.86. The Balaban J connectivity index is 1.65. The lowest BCUT2D eigenvalue weighted by Crippen LogP contribution is -2.87. The molecular formula is C21H20F3N2OS+. The van der Waals surface area contributed by atoms with Crippen molar-refractivity contribution in [1.82, 2.24) is 5.32 Å². The fourth-order valence-corrected chi connectivity index (χ4v) is 3.67. The molecule has 0 aliphatic carbocycles. The van der Waals surface area contributed by atoms with Gasteiger partial charge in [-0.1, -0.05) is 18.2 Å². The van der Waals surface area contributed by atoms with Crippen LogP contribution >= 0.6 is 11.3 Å². The van der Waals surface area contributed by atoms with Crippen molar-refractivity contribution < 1.29 is 23.3 Å². The summed E-state index contributed by atoms with van der Waals surface area (Å²) >= 11 is 1.50. The Bertz CT molecular complexity index is 929. The number of rotatable bonds is 7. The van der Waals surface area contributed by atoms with Crippen LogP contribution in [0.2, 0.25) is 0 Å². The average Bonchev–Trinajstić information content (AvgIpc) is 3.21. The zero-order valence-electron chi connectivity index (χ0n) is 15.2. The first-order chi connectivity index (χ1) is 13.4. The molecule has 0 saturated carbocycles. The first-order valence-corrected chi connectivity index (χ1v) is 9.68. The molecule has 0 aliphatic rings. The molecule has 0 unspecified atom stereocenters. The molecule has 1 aromatic heterocycles. The van der Waals surface area contributed by atoms with E-state index in [0.29, 0.717) is 5.56 Å². The highest BCUT2D eigenvalue weighted by Gasteiger charge is 2.20. The normalized spacial score (nSPS) is 13.1. The summed E-state index contributed by atoms with van der Waals surface area (Å²) in [7, 11) is 0. The van der Waals surface area contributed by atoms with E-state index in [1.165, 1.54) is 29.5 Å². The molecule has 3 aromatic rings. The van der Waals surface area contributed by atoms with Crippen molar-refractivity contribution in [3.05, 3.63) is 93.4 Å². The largest absolute Gasteiger partial charge is 0.339 e. The third kappa shape index (κ3) is 4.99. The quantitative estimate of drug-likeness (QED) is 0.619. The summed E-state index contributed by atoms with van der Waals surface area (Å²) in [6.07, 6.45) is 0. The van der Waals surface area contributed by atoms with E-state index in [2.05, 4.69) is 5.32 Å². The molecule has 0 saturated heterocycles. The highest BCUT2D eigenvalue weighted by atomic mass is 32.1. The topological polar surface area (TPSA) is 45.7 Å². The zero-order valence-corrected chi connectivity index (χ0v) is 16.0. The van der Waals surface area contributed by atoms with E-state index < -0.39 is 11.6 Å². The number of hydrogen-bond donors (Lipinski definition) is 2. The minimum Gasteiger partial charge on any atom is -0.339 e. The van der Waals surface area contributed by atoms with Gasteiger partial charge in [0.1, 0.15) is 11.9 Å². The number of halogens is 3. The Hall–Kier alpha value is -2.64. The van der Waals surface area contributed by atoms with Crippen LogP contribution in [0.5, 0.6) is 0 Å². The van der Waals surface area contributed by atoms with Crippen molar-refractivity contribution >= 4 is 17.2 Å². The minimum atomic E-state index is -0.906. The molecule has 0 fully saturated rings. The van der Waals surface area contributed by atoms with Crippen LogP contribution in [0.4, 0.5) is 13.2 Å². The molecule has 3 N–H and O–H groups in total. The van der Waals surface area contributed by atoms with Crippen molar-refractivity contribution in [2.75, 3.05) is 6.54 Å². The molecule has 1 heterocycles. The van der Waals surface area contributed by atoms with Crippen LogP contribution in [0, 0.1) is 17.5 Å². The van der Waals surface area contributed by atoms with Gasteiger partial charge in [0.2, 0.25) is 0 Å². The van der Waals surface area contributed by atoms with Crippen molar-refractivity contribution in [2.24, 2.45) is 0 Å². The number of benzene rings is 2. The lowest BCUT2D eigenvalue weighted by Gasteiger charge is -2.18. The molecule has 0 aliphatic heterocycles. The van der Waals surface area contributed by atoms with E-state index in [4.69, 9.17) is 0 Å². The number of quaternary nitrogens is 1. The number of hydrogen-bond acceptors (Lipinski definition) is 2. The number of carbonyl (C=O) groups is 1. The Morgan fingerprint density at radius 3 is 2.39 bits per heavy atom. The van der Waals surface area contributed by atoms with Gasteiger partial charge in [0.15, 0.2) is 18.2 Å². The maximum Gasteiger partial charge on any atom is 0.275 e. The molecule has 1 amide bonds. The Labute approximate surface area is 165 Å². The maximum atomic E-state index is 13.4.